The Balaban J connectivity index is -0.000000163. The van der Waals surface area contributed by atoms with Crippen molar-refractivity contribution in [3.05, 3.63) is 0 Å². The van der Waals surface area contributed by atoms with E-state index >= 15 is 0 Å². The summed E-state index contributed by atoms with van der Waals surface area (Å²) in [5, 5.41) is 3.10. The van der Waals surface area contributed by atoms with E-state index in [2.05, 4.69) is 31.1 Å². The van der Waals surface area contributed by atoms with Gasteiger partial charge in [0.05, 0.1) is 5.54 Å². The van der Waals surface area contributed by atoms with E-state index in [1.165, 1.54) is 6.08 Å². The number of isocyanates is 1. The molecule has 86 valence electrons. The molecule has 0 spiro atoms. The van der Waals surface area contributed by atoms with Crippen molar-refractivity contribution in [1.82, 2.24) is 5.32 Å². The third-order valence-corrected chi connectivity index (χ3v) is 1.13. The number of hydrogen-bond donors (Lipinski definition) is 1. The van der Waals surface area contributed by atoms with Crippen LogP contribution in [0.3, 0.4) is 0 Å². The zero-order valence-electron chi connectivity index (χ0n) is 9.86. The van der Waals surface area contributed by atoms with Crippen LogP contribution in [-0.4, -0.2) is 24.2 Å². The second-order valence-corrected chi connectivity index (χ2v) is 4.87. The largest absolute Gasteiger partial charge is 0.315 e. The van der Waals surface area contributed by atoms with Gasteiger partial charge in [0.15, 0.2) is 0 Å². The SMILES string of the molecule is C.CC(C)(C)N=C=O.CNC(C)(C)C. The third-order valence-electron chi connectivity index (χ3n) is 1.13. The first-order valence-corrected chi connectivity index (χ1v) is 4.40. The van der Waals surface area contributed by atoms with E-state index in [1.54, 1.807) is 0 Å². The number of nitrogens with one attached hydrogen (secondary N) is 1. The summed E-state index contributed by atoms with van der Waals surface area (Å²) in [7, 11) is 1.96. The first-order chi connectivity index (χ1) is 5.62. The van der Waals surface area contributed by atoms with Crippen molar-refractivity contribution in [3.63, 3.8) is 0 Å². The highest BCUT2D eigenvalue weighted by Crippen LogP contribution is 2.02. The zero-order valence-corrected chi connectivity index (χ0v) is 9.86. The molecule has 0 aromatic carbocycles. The van der Waals surface area contributed by atoms with Crippen molar-refractivity contribution >= 4 is 6.08 Å². The van der Waals surface area contributed by atoms with Crippen molar-refractivity contribution in [2.75, 3.05) is 7.05 Å². The van der Waals surface area contributed by atoms with E-state index in [0.717, 1.165) is 0 Å². The van der Waals surface area contributed by atoms with Crippen LogP contribution in [0.2, 0.25) is 0 Å². The zero-order chi connectivity index (χ0) is 11.1. The molecule has 0 rings (SSSR count). The molecule has 0 saturated carbocycles. The van der Waals surface area contributed by atoms with Gasteiger partial charge in [-0.1, -0.05) is 7.43 Å². The maximum atomic E-state index is 9.53. The van der Waals surface area contributed by atoms with E-state index in [-0.39, 0.29) is 13.0 Å². The summed E-state index contributed by atoms with van der Waals surface area (Å²) in [6, 6.07) is 0. The molecule has 0 unspecified atom stereocenters. The molecule has 0 aliphatic heterocycles. The minimum atomic E-state index is -0.248. The molecule has 0 radical (unpaired) electrons. The van der Waals surface area contributed by atoms with Crippen molar-refractivity contribution in [1.29, 1.82) is 0 Å². The Morgan fingerprint density at radius 2 is 1.36 bits per heavy atom. The Hall–Kier alpha value is -0.660. The first kappa shape index (κ1) is 19.0. The summed E-state index contributed by atoms with van der Waals surface area (Å²) in [4.78, 5) is 13.0. The second-order valence-electron chi connectivity index (χ2n) is 4.87. The number of carbonyl (C=O) groups excluding carboxylic acids is 1. The molecule has 3 heteroatoms. The van der Waals surface area contributed by atoms with Crippen LogP contribution >= 0.6 is 0 Å². The van der Waals surface area contributed by atoms with Gasteiger partial charge in [0.2, 0.25) is 6.08 Å². The quantitative estimate of drug-likeness (QED) is 0.485. The van der Waals surface area contributed by atoms with Crippen LogP contribution in [0.15, 0.2) is 4.99 Å². The van der Waals surface area contributed by atoms with Crippen LogP contribution in [0.5, 0.6) is 0 Å². The van der Waals surface area contributed by atoms with Gasteiger partial charge in [0.25, 0.3) is 0 Å². The minimum absolute atomic E-state index is 0. The highest BCUT2D eigenvalue weighted by atomic mass is 16.1. The molecule has 1 N–H and O–H groups in total. The van der Waals surface area contributed by atoms with E-state index in [9.17, 15) is 4.79 Å². The van der Waals surface area contributed by atoms with Crippen LogP contribution in [0.1, 0.15) is 49.0 Å². The molecule has 0 fully saturated rings. The molecule has 14 heavy (non-hydrogen) atoms. The number of rotatable bonds is 0. The Morgan fingerprint density at radius 1 is 1.07 bits per heavy atom. The fourth-order valence-electron chi connectivity index (χ4n) is 0.137. The van der Waals surface area contributed by atoms with Crippen LogP contribution in [0.25, 0.3) is 0 Å². The highest BCUT2D eigenvalue weighted by Gasteiger charge is 2.04. The molecule has 0 bridgehead atoms. The van der Waals surface area contributed by atoms with Crippen LogP contribution in [0, 0.1) is 0 Å². The van der Waals surface area contributed by atoms with Gasteiger partial charge in [0, 0.05) is 5.54 Å². The lowest BCUT2D eigenvalue weighted by molar-refractivity contribution is 0.469. The maximum absolute atomic E-state index is 9.53. The van der Waals surface area contributed by atoms with Gasteiger partial charge < -0.3 is 5.32 Å². The molecule has 0 aliphatic rings. The second kappa shape index (κ2) is 7.72. The Kier molecular flexibility index (Phi) is 10.5. The lowest BCUT2D eigenvalue weighted by Crippen LogP contribution is -2.31. The average molecular weight is 202 g/mol. The van der Waals surface area contributed by atoms with Crippen LogP contribution in [-0.2, 0) is 4.79 Å². The smallest absolute Gasteiger partial charge is 0.235 e. The highest BCUT2D eigenvalue weighted by molar-refractivity contribution is 5.34. The Bertz CT molecular complexity index is 169. The average Bonchev–Trinajstić information content (AvgIpc) is 1.84. The first-order valence-electron chi connectivity index (χ1n) is 4.40. The summed E-state index contributed by atoms with van der Waals surface area (Å²) < 4.78 is 0. The summed E-state index contributed by atoms with van der Waals surface area (Å²) >= 11 is 0. The molecule has 0 amide bonds. The third kappa shape index (κ3) is 30.2. The van der Waals surface area contributed by atoms with Gasteiger partial charge in [-0.05, 0) is 48.6 Å². The standard InChI is InChI=1S/C5H9NO.C5H13N.CH4/c1-5(2,3)6-4-7;1-5(2,3)6-4;/h1-3H3;6H,1-4H3;1H4. The Morgan fingerprint density at radius 3 is 1.36 bits per heavy atom. The molecule has 0 atom stereocenters. The molecular weight excluding hydrogens is 176 g/mol. The number of nitrogens with zero attached hydrogens (tertiary/aromatic N) is 1. The van der Waals surface area contributed by atoms with E-state index < -0.39 is 0 Å². The lowest BCUT2D eigenvalue weighted by Gasteiger charge is -2.15. The van der Waals surface area contributed by atoms with Gasteiger partial charge in [0.1, 0.15) is 0 Å². The number of hydrogen-bond acceptors (Lipinski definition) is 3. The Labute approximate surface area is 89.0 Å². The van der Waals surface area contributed by atoms with E-state index in [1.807, 2.05) is 27.8 Å². The predicted octanol–water partition coefficient (Wildman–Crippen LogP) is 2.76. The molecular formula is C11H26N2O. The fraction of sp³-hybridized carbons (Fsp3) is 0.909. The van der Waals surface area contributed by atoms with E-state index in [0.29, 0.717) is 5.54 Å². The predicted molar refractivity (Wildman–Crippen MR) is 63.4 cm³/mol. The minimum Gasteiger partial charge on any atom is -0.315 e. The summed E-state index contributed by atoms with van der Waals surface area (Å²) in [5.41, 5.74) is 0.0434. The van der Waals surface area contributed by atoms with Crippen molar-refractivity contribution in [2.45, 2.75) is 60.0 Å². The van der Waals surface area contributed by atoms with Gasteiger partial charge >= 0.3 is 0 Å². The van der Waals surface area contributed by atoms with Crippen molar-refractivity contribution < 1.29 is 4.79 Å². The number of aliphatic imine (C=N–C) groups is 1. The van der Waals surface area contributed by atoms with Gasteiger partial charge in [-0.3, -0.25) is 0 Å². The lowest BCUT2D eigenvalue weighted by atomic mass is 10.1. The van der Waals surface area contributed by atoms with Gasteiger partial charge in [-0.25, -0.2) is 9.79 Å². The summed E-state index contributed by atoms with van der Waals surface area (Å²) in [6.07, 6.45) is 1.48. The van der Waals surface area contributed by atoms with Gasteiger partial charge in [-0.15, -0.1) is 0 Å². The molecule has 3 nitrogen and oxygen atoms in total. The van der Waals surface area contributed by atoms with Crippen molar-refractivity contribution in [2.24, 2.45) is 4.99 Å². The molecule has 0 saturated heterocycles. The van der Waals surface area contributed by atoms with E-state index in [4.69, 9.17) is 0 Å². The van der Waals surface area contributed by atoms with Gasteiger partial charge in [-0.2, -0.15) is 0 Å². The fourth-order valence-corrected chi connectivity index (χ4v) is 0.137. The molecule has 0 aliphatic carbocycles. The molecule has 0 aromatic rings. The van der Waals surface area contributed by atoms with Crippen molar-refractivity contribution in [3.8, 4) is 0 Å². The van der Waals surface area contributed by atoms with Crippen LogP contribution < -0.4 is 5.32 Å². The topological polar surface area (TPSA) is 41.5 Å². The maximum Gasteiger partial charge on any atom is 0.235 e. The van der Waals surface area contributed by atoms with Crippen LogP contribution in [0.4, 0.5) is 0 Å². The summed E-state index contributed by atoms with van der Waals surface area (Å²) in [5.74, 6) is 0. The summed E-state index contributed by atoms with van der Waals surface area (Å²) in [6.45, 7) is 11.9. The monoisotopic (exact) mass is 202 g/mol. The molecule has 0 aromatic heterocycles. The molecule has 0 heterocycles. The normalized spacial score (nSPS) is 10.2.